The molecule has 0 saturated heterocycles. The minimum Gasteiger partial charge on any atom is -0.484 e. The first-order chi connectivity index (χ1) is 9.81. The average Bonchev–Trinajstić information content (AvgIpc) is 2.39. The van der Waals surface area contributed by atoms with E-state index in [0.717, 1.165) is 0 Å². The van der Waals surface area contributed by atoms with Crippen molar-refractivity contribution in [2.24, 2.45) is 0 Å². The highest BCUT2D eigenvalue weighted by molar-refractivity contribution is 6.42. The van der Waals surface area contributed by atoms with Crippen LogP contribution < -0.4 is 4.74 Å². The van der Waals surface area contributed by atoms with Gasteiger partial charge in [0.1, 0.15) is 5.75 Å². The number of hydrogen-bond donors (Lipinski definition) is 1. The molecule has 0 aliphatic heterocycles. The minimum atomic E-state index is -0.946. The summed E-state index contributed by atoms with van der Waals surface area (Å²) >= 11 is 11.6. The van der Waals surface area contributed by atoms with Crippen LogP contribution in [0.25, 0.3) is 0 Å². The van der Waals surface area contributed by atoms with Gasteiger partial charge in [-0.2, -0.15) is 0 Å². The van der Waals surface area contributed by atoms with Crippen molar-refractivity contribution in [2.45, 2.75) is 26.3 Å². The van der Waals surface area contributed by atoms with Gasteiger partial charge < -0.3 is 14.7 Å². The summed E-state index contributed by atoms with van der Waals surface area (Å²) in [7, 11) is 0. The zero-order chi connectivity index (χ0) is 16.0. The molecule has 0 bridgehead atoms. The molecular weight excluding hydrogens is 317 g/mol. The number of hydrogen-bond acceptors (Lipinski definition) is 3. The molecule has 0 heterocycles. The van der Waals surface area contributed by atoms with Gasteiger partial charge in [0.15, 0.2) is 6.61 Å². The standard InChI is InChI=1S/C14H17Cl2NO4/c1-9(2)17(6-5-14(19)20)13(18)8-21-10-3-4-11(15)12(16)7-10/h3-4,7,9H,5-6,8H2,1-2H3,(H,19,20). The fourth-order valence-corrected chi connectivity index (χ4v) is 1.97. The molecule has 116 valence electrons. The van der Waals surface area contributed by atoms with Crippen LogP contribution in [-0.2, 0) is 9.59 Å². The first kappa shape index (κ1) is 17.6. The van der Waals surface area contributed by atoms with Crippen molar-refractivity contribution in [3.63, 3.8) is 0 Å². The molecule has 1 amide bonds. The summed E-state index contributed by atoms with van der Waals surface area (Å²) in [6, 6.07) is 4.61. The predicted molar refractivity (Wildman–Crippen MR) is 81.1 cm³/mol. The van der Waals surface area contributed by atoms with Crippen LogP contribution in [0.4, 0.5) is 0 Å². The van der Waals surface area contributed by atoms with E-state index in [4.69, 9.17) is 33.0 Å². The molecule has 1 aromatic carbocycles. The van der Waals surface area contributed by atoms with Gasteiger partial charge >= 0.3 is 5.97 Å². The Hall–Kier alpha value is -1.46. The summed E-state index contributed by atoms with van der Waals surface area (Å²) in [6.45, 7) is 3.60. The number of benzene rings is 1. The van der Waals surface area contributed by atoms with Crippen LogP contribution in [0.1, 0.15) is 20.3 Å². The monoisotopic (exact) mass is 333 g/mol. The lowest BCUT2D eigenvalue weighted by atomic mass is 10.2. The SMILES string of the molecule is CC(C)N(CCC(=O)O)C(=O)COc1ccc(Cl)c(Cl)c1. The lowest BCUT2D eigenvalue weighted by Gasteiger charge is -2.26. The average molecular weight is 334 g/mol. The third-order valence-electron chi connectivity index (χ3n) is 2.76. The molecule has 0 spiro atoms. The highest BCUT2D eigenvalue weighted by atomic mass is 35.5. The maximum atomic E-state index is 12.1. The first-order valence-corrected chi connectivity index (χ1v) is 7.16. The van der Waals surface area contributed by atoms with E-state index in [9.17, 15) is 9.59 Å². The molecular formula is C14H17Cl2NO4. The lowest BCUT2D eigenvalue weighted by molar-refractivity contribution is -0.139. The number of carbonyl (C=O) groups excluding carboxylic acids is 1. The van der Waals surface area contributed by atoms with E-state index in [0.29, 0.717) is 15.8 Å². The fraction of sp³-hybridized carbons (Fsp3) is 0.429. The molecule has 7 heteroatoms. The van der Waals surface area contributed by atoms with E-state index in [-0.39, 0.29) is 31.5 Å². The van der Waals surface area contributed by atoms with Crippen molar-refractivity contribution >= 4 is 35.1 Å². The summed E-state index contributed by atoms with van der Waals surface area (Å²) < 4.78 is 5.36. The van der Waals surface area contributed by atoms with Crippen LogP contribution in [0.5, 0.6) is 5.75 Å². The molecule has 0 saturated carbocycles. The second-order valence-corrected chi connectivity index (χ2v) is 5.50. The van der Waals surface area contributed by atoms with E-state index in [1.54, 1.807) is 12.1 Å². The number of carbonyl (C=O) groups is 2. The van der Waals surface area contributed by atoms with Crippen molar-refractivity contribution in [3.05, 3.63) is 28.2 Å². The molecule has 0 aliphatic rings. The van der Waals surface area contributed by atoms with Crippen LogP contribution in [0.3, 0.4) is 0 Å². The van der Waals surface area contributed by atoms with Crippen LogP contribution in [0, 0.1) is 0 Å². The maximum absolute atomic E-state index is 12.1. The first-order valence-electron chi connectivity index (χ1n) is 6.40. The largest absolute Gasteiger partial charge is 0.484 e. The topological polar surface area (TPSA) is 66.8 Å². The summed E-state index contributed by atoms with van der Waals surface area (Å²) in [6.07, 6.45) is -0.101. The molecule has 0 fully saturated rings. The van der Waals surface area contributed by atoms with E-state index in [1.165, 1.54) is 11.0 Å². The maximum Gasteiger partial charge on any atom is 0.305 e. The van der Waals surface area contributed by atoms with E-state index in [1.807, 2.05) is 13.8 Å². The highest BCUT2D eigenvalue weighted by Gasteiger charge is 2.18. The molecule has 0 radical (unpaired) electrons. The second kappa shape index (κ2) is 8.10. The van der Waals surface area contributed by atoms with Gasteiger partial charge in [-0.1, -0.05) is 23.2 Å². The number of halogens is 2. The van der Waals surface area contributed by atoms with Crippen molar-refractivity contribution in [1.82, 2.24) is 4.90 Å². The molecule has 1 aromatic rings. The highest BCUT2D eigenvalue weighted by Crippen LogP contribution is 2.26. The van der Waals surface area contributed by atoms with Gasteiger partial charge in [0.25, 0.3) is 5.91 Å². The third kappa shape index (κ3) is 5.81. The Labute approximate surface area is 133 Å². The summed E-state index contributed by atoms with van der Waals surface area (Å²) in [5.41, 5.74) is 0. The number of rotatable bonds is 7. The zero-order valence-corrected chi connectivity index (χ0v) is 13.3. The molecule has 5 nitrogen and oxygen atoms in total. The number of aliphatic carboxylic acids is 1. The van der Waals surface area contributed by atoms with Crippen molar-refractivity contribution in [2.75, 3.05) is 13.2 Å². The van der Waals surface area contributed by atoms with Crippen molar-refractivity contribution < 1.29 is 19.4 Å². The van der Waals surface area contributed by atoms with Crippen LogP contribution in [0.15, 0.2) is 18.2 Å². The summed E-state index contributed by atoms with van der Waals surface area (Å²) in [5, 5.41) is 9.44. The Morgan fingerprint density at radius 2 is 1.95 bits per heavy atom. The van der Waals surface area contributed by atoms with E-state index < -0.39 is 5.97 Å². The Kier molecular flexibility index (Phi) is 6.78. The molecule has 0 unspecified atom stereocenters. The van der Waals surface area contributed by atoms with E-state index >= 15 is 0 Å². The van der Waals surface area contributed by atoms with Gasteiger partial charge in [-0.05, 0) is 26.0 Å². The lowest BCUT2D eigenvalue weighted by Crippen LogP contribution is -2.41. The molecule has 0 aromatic heterocycles. The number of carboxylic acid groups (broad SMARTS) is 1. The van der Waals surface area contributed by atoms with E-state index in [2.05, 4.69) is 0 Å². The fourth-order valence-electron chi connectivity index (χ4n) is 1.68. The Morgan fingerprint density at radius 1 is 1.29 bits per heavy atom. The van der Waals surface area contributed by atoms with Crippen molar-refractivity contribution in [1.29, 1.82) is 0 Å². The minimum absolute atomic E-state index is 0.101. The van der Waals surface area contributed by atoms with Gasteiger partial charge in [0.05, 0.1) is 16.5 Å². The Bertz CT molecular complexity index is 520. The predicted octanol–water partition coefficient (Wildman–Crippen LogP) is 3.08. The molecule has 0 atom stereocenters. The smallest absolute Gasteiger partial charge is 0.305 e. The van der Waals surface area contributed by atoms with Gasteiger partial charge in [0.2, 0.25) is 0 Å². The number of nitrogens with zero attached hydrogens (tertiary/aromatic N) is 1. The van der Waals surface area contributed by atoms with Crippen LogP contribution in [-0.4, -0.2) is 41.1 Å². The molecule has 1 N–H and O–H groups in total. The summed E-state index contributed by atoms with van der Waals surface area (Å²) in [4.78, 5) is 24.1. The quantitative estimate of drug-likeness (QED) is 0.832. The Morgan fingerprint density at radius 3 is 2.48 bits per heavy atom. The van der Waals surface area contributed by atoms with Gasteiger partial charge in [-0.3, -0.25) is 9.59 Å². The second-order valence-electron chi connectivity index (χ2n) is 4.69. The molecule has 1 rings (SSSR count). The number of carboxylic acids is 1. The molecule has 0 aliphatic carbocycles. The van der Waals surface area contributed by atoms with Crippen molar-refractivity contribution in [3.8, 4) is 5.75 Å². The third-order valence-corrected chi connectivity index (χ3v) is 3.50. The van der Waals surface area contributed by atoms with Gasteiger partial charge in [-0.15, -0.1) is 0 Å². The summed E-state index contributed by atoms with van der Waals surface area (Å²) in [5.74, 6) is -0.795. The van der Waals surface area contributed by atoms with Crippen LogP contribution >= 0.6 is 23.2 Å². The number of ether oxygens (including phenoxy) is 1. The van der Waals surface area contributed by atoms with Crippen LogP contribution in [0.2, 0.25) is 10.0 Å². The van der Waals surface area contributed by atoms with Gasteiger partial charge in [0, 0.05) is 18.7 Å². The zero-order valence-electron chi connectivity index (χ0n) is 11.8. The normalized spacial score (nSPS) is 10.5. The Balaban J connectivity index is 2.60. The number of amides is 1. The molecule has 21 heavy (non-hydrogen) atoms. The van der Waals surface area contributed by atoms with Gasteiger partial charge in [-0.25, -0.2) is 0 Å².